The molecule has 0 bridgehead atoms. The van der Waals surface area contributed by atoms with E-state index in [9.17, 15) is 4.79 Å². The van der Waals surface area contributed by atoms with E-state index in [0.717, 1.165) is 18.7 Å². The first-order valence-electron chi connectivity index (χ1n) is 7.18. The van der Waals surface area contributed by atoms with Gasteiger partial charge in [0.1, 0.15) is 5.82 Å². The first kappa shape index (κ1) is 13.8. The number of carbonyl (C=O) groups excluding carboxylic acids is 1. The van der Waals surface area contributed by atoms with Crippen molar-refractivity contribution < 1.29 is 4.79 Å². The van der Waals surface area contributed by atoms with Crippen LogP contribution in [-0.2, 0) is 4.79 Å². The van der Waals surface area contributed by atoms with Crippen LogP contribution < -0.4 is 10.6 Å². The lowest BCUT2D eigenvalue weighted by Gasteiger charge is -2.12. The molecular formula is C14H22N4O. The molecule has 1 aromatic heterocycles. The van der Waals surface area contributed by atoms with Gasteiger partial charge in [-0.05, 0) is 31.4 Å². The van der Waals surface area contributed by atoms with Crippen LogP contribution in [0.1, 0.15) is 51.9 Å². The summed E-state index contributed by atoms with van der Waals surface area (Å²) in [6, 6.07) is 4.20. The molecule has 1 aliphatic carbocycles. The molecule has 5 heteroatoms. The number of aromatic nitrogens is 2. The minimum atomic E-state index is 0.00709. The van der Waals surface area contributed by atoms with Gasteiger partial charge in [0.15, 0.2) is 5.82 Å². The Morgan fingerprint density at radius 3 is 2.58 bits per heavy atom. The second-order valence-corrected chi connectivity index (χ2v) is 5.08. The van der Waals surface area contributed by atoms with Gasteiger partial charge in [0.25, 0.3) is 0 Å². The Hall–Kier alpha value is -1.65. The van der Waals surface area contributed by atoms with E-state index in [2.05, 4.69) is 27.8 Å². The van der Waals surface area contributed by atoms with E-state index in [1.54, 1.807) is 6.07 Å². The first-order chi connectivity index (χ1) is 9.28. The van der Waals surface area contributed by atoms with E-state index in [1.807, 2.05) is 6.07 Å². The topological polar surface area (TPSA) is 66.9 Å². The Bertz CT molecular complexity index is 398. The van der Waals surface area contributed by atoms with Crippen LogP contribution in [0.15, 0.2) is 12.1 Å². The molecule has 1 fully saturated rings. The summed E-state index contributed by atoms with van der Waals surface area (Å²) in [4.78, 5) is 11.5. The second-order valence-electron chi connectivity index (χ2n) is 5.08. The fraction of sp³-hybridized carbons (Fsp3) is 0.643. The summed E-state index contributed by atoms with van der Waals surface area (Å²) in [6.07, 6.45) is 7.45. The molecule has 0 spiro atoms. The largest absolute Gasteiger partial charge is 0.366 e. The van der Waals surface area contributed by atoms with Gasteiger partial charge in [-0.15, -0.1) is 10.2 Å². The summed E-state index contributed by atoms with van der Waals surface area (Å²) in [5, 5.41) is 14.3. The van der Waals surface area contributed by atoms with Crippen molar-refractivity contribution in [3.05, 3.63) is 12.1 Å². The fourth-order valence-corrected chi connectivity index (χ4v) is 2.30. The van der Waals surface area contributed by atoms with Gasteiger partial charge in [0.05, 0.1) is 0 Å². The van der Waals surface area contributed by atoms with E-state index in [0.29, 0.717) is 18.3 Å². The molecule has 1 aliphatic rings. The van der Waals surface area contributed by atoms with Crippen molar-refractivity contribution >= 4 is 17.5 Å². The molecule has 2 rings (SSSR count). The lowest BCUT2D eigenvalue weighted by molar-refractivity contribution is -0.116. The van der Waals surface area contributed by atoms with E-state index in [-0.39, 0.29) is 5.91 Å². The zero-order valence-corrected chi connectivity index (χ0v) is 11.5. The molecule has 5 nitrogen and oxygen atoms in total. The van der Waals surface area contributed by atoms with Gasteiger partial charge in [0.2, 0.25) is 5.91 Å². The summed E-state index contributed by atoms with van der Waals surface area (Å²) in [5.41, 5.74) is 0. The molecule has 19 heavy (non-hydrogen) atoms. The summed E-state index contributed by atoms with van der Waals surface area (Å²) in [5.74, 6) is 1.32. The number of hydrogen-bond donors (Lipinski definition) is 2. The minimum absolute atomic E-state index is 0.00709. The highest BCUT2D eigenvalue weighted by atomic mass is 16.1. The van der Waals surface area contributed by atoms with Crippen molar-refractivity contribution in [3.63, 3.8) is 0 Å². The van der Waals surface area contributed by atoms with E-state index in [1.165, 1.54) is 25.7 Å². The lowest BCUT2D eigenvalue weighted by atomic mass is 10.2. The van der Waals surface area contributed by atoms with Crippen molar-refractivity contribution in [2.24, 2.45) is 0 Å². The van der Waals surface area contributed by atoms with Gasteiger partial charge >= 0.3 is 0 Å². The van der Waals surface area contributed by atoms with Crippen molar-refractivity contribution in [1.29, 1.82) is 0 Å². The maximum Gasteiger partial charge on any atom is 0.225 e. The third-order valence-corrected chi connectivity index (χ3v) is 3.40. The molecule has 1 heterocycles. The van der Waals surface area contributed by atoms with Crippen molar-refractivity contribution in [1.82, 2.24) is 10.2 Å². The molecular weight excluding hydrogens is 240 g/mol. The fourth-order valence-electron chi connectivity index (χ4n) is 2.30. The quantitative estimate of drug-likeness (QED) is 0.827. The molecule has 0 aromatic carbocycles. The van der Waals surface area contributed by atoms with Crippen LogP contribution >= 0.6 is 0 Å². The summed E-state index contributed by atoms with van der Waals surface area (Å²) >= 11 is 0. The molecule has 1 aromatic rings. The predicted molar refractivity (Wildman–Crippen MR) is 76.1 cm³/mol. The Balaban J connectivity index is 1.82. The van der Waals surface area contributed by atoms with Crippen LogP contribution in [0.3, 0.4) is 0 Å². The number of nitrogens with one attached hydrogen (secondary N) is 2. The summed E-state index contributed by atoms with van der Waals surface area (Å²) < 4.78 is 0. The Labute approximate surface area is 114 Å². The highest BCUT2D eigenvalue weighted by Gasteiger charge is 2.15. The monoisotopic (exact) mass is 262 g/mol. The maximum atomic E-state index is 11.5. The molecule has 0 saturated heterocycles. The third-order valence-electron chi connectivity index (χ3n) is 3.40. The standard InChI is InChI=1S/C14H22N4O/c1-2-3-8-14(19)16-13-10-9-12(17-18-13)15-11-6-4-5-7-11/h9-11H,2-8H2,1H3,(H,15,17)(H,16,18,19). The number of rotatable bonds is 6. The number of hydrogen-bond acceptors (Lipinski definition) is 4. The Morgan fingerprint density at radius 2 is 1.95 bits per heavy atom. The maximum absolute atomic E-state index is 11.5. The van der Waals surface area contributed by atoms with Gasteiger partial charge in [-0.1, -0.05) is 26.2 Å². The van der Waals surface area contributed by atoms with Crippen molar-refractivity contribution in [3.8, 4) is 0 Å². The van der Waals surface area contributed by atoms with E-state index >= 15 is 0 Å². The summed E-state index contributed by atoms with van der Waals surface area (Å²) in [7, 11) is 0. The summed E-state index contributed by atoms with van der Waals surface area (Å²) in [6.45, 7) is 2.07. The number of unbranched alkanes of at least 4 members (excludes halogenated alkanes) is 1. The van der Waals surface area contributed by atoms with Crippen molar-refractivity contribution in [2.45, 2.75) is 57.9 Å². The van der Waals surface area contributed by atoms with Crippen LogP contribution in [0, 0.1) is 0 Å². The van der Waals surface area contributed by atoms with Gasteiger partial charge in [0, 0.05) is 12.5 Å². The highest BCUT2D eigenvalue weighted by molar-refractivity contribution is 5.89. The van der Waals surface area contributed by atoms with Gasteiger partial charge in [-0.3, -0.25) is 4.79 Å². The zero-order chi connectivity index (χ0) is 13.5. The molecule has 0 aliphatic heterocycles. The number of anilines is 2. The lowest BCUT2D eigenvalue weighted by Crippen LogP contribution is -2.17. The van der Waals surface area contributed by atoms with Crippen LogP contribution in [-0.4, -0.2) is 22.1 Å². The average Bonchev–Trinajstić information content (AvgIpc) is 2.91. The van der Waals surface area contributed by atoms with Crippen LogP contribution in [0.25, 0.3) is 0 Å². The van der Waals surface area contributed by atoms with Crippen molar-refractivity contribution in [2.75, 3.05) is 10.6 Å². The van der Waals surface area contributed by atoms with E-state index in [4.69, 9.17) is 0 Å². The predicted octanol–water partition coefficient (Wildman–Crippen LogP) is 2.96. The van der Waals surface area contributed by atoms with Crippen LogP contribution in [0.4, 0.5) is 11.6 Å². The minimum Gasteiger partial charge on any atom is -0.366 e. The average molecular weight is 262 g/mol. The second kappa shape index (κ2) is 7.07. The SMILES string of the molecule is CCCCC(=O)Nc1ccc(NC2CCCC2)nn1. The Kier molecular flexibility index (Phi) is 5.12. The van der Waals surface area contributed by atoms with Crippen LogP contribution in [0.2, 0.25) is 0 Å². The number of carbonyl (C=O) groups is 1. The molecule has 1 saturated carbocycles. The zero-order valence-electron chi connectivity index (χ0n) is 11.5. The highest BCUT2D eigenvalue weighted by Crippen LogP contribution is 2.21. The molecule has 104 valence electrons. The van der Waals surface area contributed by atoms with Gasteiger partial charge in [-0.25, -0.2) is 0 Å². The normalized spacial score (nSPS) is 15.4. The van der Waals surface area contributed by atoms with Gasteiger partial charge < -0.3 is 10.6 Å². The smallest absolute Gasteiger partial charge is 0.225 e. The Morgan fingerprint density at radius 1 is 1.26 bits per heavy atom. The molecule has 1 amide bonds. The molecule has 0 radical (unpaired) electrons. The third kappa shape index (κ3) is 4.50. The van der Waals surface area contributed by atoms with E-state index < -0.39 is 0 Å². The number of nitrogens with zero attached hydrogens (tertiary/aromatic N) is 2. The molecule has 2 N–H and O–H groups in total. The van der Waals surface area contributed by atoms with Crippen LogP contribution in [0.5, 0.6) is 0 Å². The van der Waals surface area contributed by atoms with Gasteiger partial charge in [-0.2, -0.15) is 0 Å². The molecule has 0 unspecified atom stereocenters. The number of amides is 1. The molecule has 0 atom stereocenters. The first-order valence-corrected chi connectivity index (χ1v) is 7.18.